The molecule has 3 aromatic rings. The van der Waals surface area contributed by atoms with Crippen LogP contribution in [0.15, 0.2) is 18.6 Å². The number of nitrogens with zero attached hydrogens (tertiary/aromatic N) is 5. The highest BCUT2D eigenvalue weighted by Crippen LogP contribution is 2.33. The average Bonchev–Trinajstić information content (AvgIpc) is 3.12. The van der Waals surface area contributed by atoms with Gasteiger partial charge < -0.3 is 9.88 Å². The molecule has 0 radical (unpaired) electrons. The van der Waals surface area contributed by atoms with Crippen LogP contribution in [0.2, 0.25) is 5.15 Å². The first kappa shape index (κ1) is 18.1. The van der Waals surface area contributed by atoms with E-state index in [-0.39, 0.29) is 10.7 Å². The van der Waals surface area contributed by atoms with Gasteiger partial charge >= 0.3 is 6.18 Å². The third kappa shape index (κ3) is 3.21. The highest BCUT2D eigenvalue weighted by Gasteiger charge is 2.33. The van der Waals surface area contributed by atoms with Gasteiger partial charge in [-0.1, -0.05) is 11.6 Å². The third-order valence-electron chi connectivity index (χ3n) is 5.55. The molecule has 5 rings (SSSR count). The standard InChI is InChI=1S/C18H18ClF3N6/c19-17-16-15(24-9-25-17)13-3-12(7-27-5-10-1-2-11(6-27)26-10)23-4-14(13)28(16)8-18(20,21)22/h3-4,9-11,26H,1-2,5-8H2. The summed E-state index contributed by atoms with van der Waals surface area (Å²) < 4.78 is 40.5. The number of alkyl halides is 3. The first-order chi connectivity index (χ1) is 13.4. The summed E-state index contributed by atoms with van der Waals surface area (Å²) in [7, 11) is 0. The molecular formula is C18H18ClF3N6. The summed E-state index contributed by atoms with van der Waals surface area (Å²) in [5.74, 6) is 0. The Bertz CT molecular complexity index is 1040. The number of piperazine rings is 1. The van der Waals surface area contributed by atoms with Gasteiger partial charge in [-0.3, -0.25) is 9.88 Å². The molecule has 0 aromatic carbocycles. The summed E-state index contributed by atoms with van der Waals surface area (Å²) in [6, 6.07) is 2.86. The molecule has 2 atom stereocenters. The van der Waals surface area contributed by atoms with Gasteiger partial charge in [0.15, 0.2) is 5.15 Å². The molecular weight excluding hydrogens is 393 g/mol. The van der Waals surface area contributed by atoms with Crippen LogP contribution in [0.4, 0.5) is 13.2 Å². The molecule has 3 aromatic heterocycles. The maximum absolute atomic E-state index is 13.1. The molecule has 2 aliphatic rings. The van der Waals surface area contributed by atoms with Crippen LogP contribution in [0, 0.1) is 0 Å². The number of pyridine rings is 1. The van der Waals surface area contributed by atoms with Crippen molar-refractivity contribution >= 4 is 33.5 Å². The first-order valence-corrected chi connectivity index (χ1v) is 9.57. The van der Waals surface area contributed by atoms with E-state index in [9.17, 15) is 13.2 Å². The van der Waals surface area contributed by atoms with Crippen molar-refractivity contribution in [2.75, 3.05) is 13.1 Å². The largest absolute Gasteiger partial charge is 0.406 e. The highest BCUT2D eigenvalue weighted by atomic mass is 35.5. The van der Waals surface area contributed by atoms with E-state index in [1.165, 1.54) is 25.4 Å². The van der Waals surface area contributed by atoms with Crippen molar-refractivity contribution in [1.82, 2.24) is 29.7 Å². The number of hydrogen-bond acceptors (Lipinski definition) is 5. The van der Waals surface area contributed by atoms with E-state index in [0.29, 0.717) is 35.0 Å². The molecule has 0 amide bonds. The molecule has 1 N–H and O–H groups in total. The van der Waals surface area contributed by atoms with Crippen LogP contribution in [0.1, 0.15) is 18.5 Å². The lowest BCUT2D eigenvalue weighted by molar-refractivity contribution is -0.139. The van der Waals surface area contributed by atoms with E-state index in [4.69, 9.17) is 11.6 Å². The van der Waals surface area contributed by atoms with E-state index in [2.05, 4.69) is 25.2 Å². The molecule has 2 aliphatic heterocycles. The lowest BCUT2D eigenvalue weighted by atomic mass is 10.2. The number of nitrogens with one attached hydrogen (secondary N) is 1. The number of likely N-dealkylation sites (tertiary alicyclic amines) is 1. The number of rotatable bonds is 3. The van der Waals surface area contributed by atoms with E-state index < -0.39 is 12.7 Å². The van der Waals surface area contributed by atoms with Crippen molar-refractivity contribution in [2.24, 2.45) is 0 Å². The van der Waals surface area contributed by atoms with E-state index in [1.807, 2.05) is 6.07 Å². The number of fused-ring (bicyclic) bond motifs is 5. The van der Waals surface area contributed by atoms with Gasteiger partial charge in [0.1, 0.15) is 23.9 Å². The van der Waals surface area contributed by atoms with Crippen molar-refractivity contribution in [3.05, 3.63) is 29.4 Å². The van der Waals surface area contributed by atoms with Crippen LogP contribution < -0.4 is 5.32 Å². The fourth-order valence-electron chi connectivity index (χ4n) is 4.49. The minimum absolute atomic E-state index is 0.00526. The Hall–Kier alpha value is -1.97. The topological polar surface area (TPSA) is 58.9 Å². The summed E-state index contributed by atoms with van der Waals surface area (Å²) >= 11 is 6.12. The van der Waals surface area contributed by atoms with Crippen LogP contribution >= 0.6 is 11.6 Å². The molecule has 5 heterocycles. The molecule has 2 saturated heterocycles. The van der Waals surface area contributed by atoms with E-state index in [0.717, 1.165) is 23.4 Å². The van der Waals surface area contributed by atoms with Crippen LogP contribution in [0.5, 0.6) is 0 Å². The van der Waals surface area contributed by atoms with Gasteiger partial charge in [0.25, 0.3) is 0 Å². The predicted octanol–water partition coefficient (Wildman–Crippen LogP) is 3.13. The van der Waals surface area contributed by atoms with Crippen LogP contribution in [-0.2, 0) is 13.1 Å². The zero-order chi connectivity index (χ0) is 19.5. The summed E-state index contributed by atoms with van der Waals surface area (Å²) in [5, 5.41) is 4.21. The number of aromatic nitrogens is 4. The van der Waals surface area contributed by atoms with E-state index >= 15 is 0 Å². The average molecular weight is 411 g/mol. The summed E-state index contributed by atoms with van der Waals surface area (Å²) in [5.41, 5.74) is 1.78. The Balaban J connectivity index is 1.56. The van der Waals surface area contributed by atoms with Crippen LogP contribution in [-0.4, -0.2) is 55.8 Å². The minimum atomic E-state index is -4.39. The number of halogens is 4. The molecule has 6 nitrogen and oxygen atoms in total. The first-order valence-electron chi connectivity index (χ1n) is 9.20. The van der Waals surface area contributed by atoms with Gasteiger partial charge in [0.05, 0.1) is 17.4 Å². The lowest BCUT2D eigenvalue weighted by Crippen LogP contribution is -2.50. The van der Waals surface area contributed by atoms with Crippen molar-refractivity contribution in [3.63, 3.8) is 0 Å². The monoisotopic (exact) mass is 410 g/mol. The molecule has 148 valence electrons. The molecule has 2 bridgehead atoms. The lowest BCUT2D eigenvalue weighted by Gasteiger charge is -2.32. The van der Waals surface area contributed by atoms with E-state index in [1.54, 1.807) is 0 Å². The zero-order valence-electron chi connectivity index (χ0n) is 14.9. The van der Waals surface area contributed by atoms with Gasteiger partial charge in [-0.05, 0) is 18.9 Å². The van der Waals surface area contributed by atoms with Gasteiger partial charge in [0.2, 0.25) is 0 Å². The summed E-state index contributed by atoms with van der Waals surface area (Å²) in [6.07, 6.45) is 0.750. The molecule has 28 heavy (non-hydrogen) atoms. The third-order valence-corrected chi connectivity index (χ3v) is 5.82. The fraction of sp³-hybridized carbons (Fsp3) is 0.500. The Kier molecular flexibility index (Phi) is 4.22. The van der Waals surface area contributed by atoms with Crippen molar-refractivity contribution in [2.45, 2.75) is 44.2 Å². The quantitative estimate of drug-likeness (QED) is 0.672. The molecule has 0 aliphatic carbocycles. The second-order valence-corrected chi connectivity index (χ2v) is 7.95. The molecule has 2 unspecified atom stereocenters. The van der Waals surface area contributed by atoms with Gasteiger partial charge in [-0.25, -0.2) is 9.97 Å². The normalized spacial score (nSPS) is 23.1. The summed E-state index contributed by atoms with van der Waals surface area (Å²) in [6.45, 7) is 1.41. The maximum Gasteiger partial charge on any atom is 0.406 e. The van der Waals surface area contributed by atoms with Gasteiger partial charge in [-0.2, -0.15) is 13.2 Å². The van der Waals surface area contributed by atoms with Crippen LogP contribution in [0.3, 0.4) is 0 Å². The summed E-state index contributed by atoms with van der Waals surface area (Å²) in [4.78, 5) is 14.9. The Morgan fingerprint density at radius 2 is 1.89 bits per heavy atom. The van der Waals surface area contributed by atoms with Gasteiger partial charge in [-0.15, -0.1) is 0 Å². The smallest absolute Gasteiger partial charge is 0.326 e. The molecule has 0 spiro atoms. The zero-order valence-corrected chi connectivity index (χ0v) is 15.6. The second kappa shape index (κ2) is 6.53. The van der Waals surface area contributed by atoms with Gasteiger partial charge in [0, 0.05) is 37.1 Å². The minimum Gasteiger partial charge on any atom is -0.326 e. The molecule has 10 heteroatoms. The maximum atomic E-state index is 13.1. The Morgan fingerprint density at radius 1 is 1.14 bits per heavy atom. The van der Waals surface area contributed by atoms with Crippen LogP contribution in [0.25, 0.3) is 21.9 Å². The SMILES string of the molecule is FC(F)(F)Cn1c2cnc(CN3CC4CCC(C3)N4)cc2c2ncnc(Cl)c21. The predicted molar refractivity (Wildman–Crippen MR) is 99.1 cm³/mol. The number of hydrogen-bond donors (Lipinski definition) is 1. The van der Waals surface area contributed by atoms with Crippen molar-refractivity contribution in [3.8, 4) is 0 Å². The molecule has 2 fully saturated rings. The van der Waals surface area contributed by atoms with Crippen molar-refractivity contribution < 1.29 is 13.2 Å². The fourth-order valence-corrected chi connectivity index (χ4v) is 4.72. The second-order valence-electron chi connectivity index (χ2n) is 7.59. The Labute approximate surface area is 163 Å². The van der Waals surface area contributed by atoms with Crippen molar-refractivity contribution in [1.29, 1.82) is 0 Å². The highest BCUT2D eigenvalue weighted by molar-refractivity contribution is 6.34. The molecule has 0 saturated carbocycles. The Morgan fingerprint density at radius 3 is 2.61 bits per heavy atom.